The fourth-order valence-electron chi connectivity index (χ4n) is 6.93. The first-order valence-corrected chi connectivity index (χ1v) is 17.5. The second-order valence-electron chi connectivity index (χ2n) is 14.2. The van der Waals surface area contributed by atoms with Crippen LogP contribution in [0.4, 0.5) is 5.69 Å². The fourth-order valence-corrected chi connectivity index (χ4v) is 7.20. The molecule has 0 N–H and O–H groups in total. The lowest BCUT2D eigenvalue weighted by Gasteiger charge is -2.42. The van der Waals surface area contributed by atoms with Crippen LogP contribution in [0.5, 0.6) is 11.5 Å². The van der Waals surface area contributed by atoms with Gasteiger partial charge in [-0.1, -0.05) is 28.4 Å². The topological polar surface area (TPSA) is 37.4 Å². The standard InChI is InChI=1S/C38H50BrN3O3/c1-38(2,3)45-37(28-10-11-28)41-18-16-33(17-19-41)42(32-14-12-31(39)13-15-32)24-26-20-30(25-40(4)23-26)29-21-34(27-8-7-9-27)36(44-6)35(22-29)43-5/h12-15,20-23,27,33H,7-11,16-19,24-25H2,1-6H3. The number of likely N-dealkylation sites (tertiary alicyclic amines) is 1. The zero-order valence-corrected chi connectivity index (χ0v) is 29.6. The lowest BCUT2D eigenvalue weighted by Crippen LogP contribution is -2.46. The van der Waals surface area contributed by atoms with Crippen LogP contribution in [0.25, 0.3) is 5.57 Å². The Kier molecular flexibility index (Phi) is 9.47. The van der Waals surface area contributed by atoms with Crippen LogP contribution in [-0.4, -0.2) is 68.9 Å². The smallest absolute Gasteiger partial charge is 0.188 e. The number of hydrogen-bond acceptors (Lipinski definition) is 6. The third-order valence-corrected chi connectivity index (χ3v) is 10.0. The van der Waals surface area contributed by atoms with Gasteiger partial charge in [0.15, 0.2) is 17.4 Å². The van der Waals surface area contributed by atoms with E-state index in [1.807, 2.05) is 0 Å². The van der Waals surface area contributed by atoms with Gasteiger partial charge in [-0.05, 0) is 124 Å². The Morgan fingerprint density at radius 1 is 0.978 bits per heavy atom. The molecule has 3 fully saturated rings. The van der Waals surface area contributed by atoms with Crippen molar-refractivity contribution in [3.63, 3.8) is 0 Å². The Morgan fingerprint density at radius 2 is 1.69 bits per heavy atom. The van der Waals surface area contributed by atoms with Gasteiger partial charge in [-0.2, -0.15) is 0 Å². The van der Waals surface area contributed by atoms with Gasteiger partial charge in [0.25, 0.3) is 0 Å². The molecule has 2 heterocycles. The Bertz CT molecular complexity index is 1450. The van der Waals surface area contributed by atoms with Gasteiger partial charge in [-0.25, -0.2) is 0 Å². The third-order valence-electron chi connectivity index (χ3n) is 9.50. The predicted molar refractivity (Wildman–Crippen MR) is 188 cm³/mol. The minimum Gasteiger partial charge on any atom is -0.493 e. The highest BCUT2D eigenvalue weighted by molar-refractivity contribution is 9.10. The summed E-state index contributed by atoms with van der Waals surface area (Å²) < 4.78 is 19.3. The quantitative estimate of drug-likeness (QED) is 0.235. The lowest BCUT2D eigenvalue weighted by molar-refractivity contribution is -0.00533. The van der Waals surface area contributed by atoms with E-state index in [1.165, 1.54) is 65.6 Å². The molecule has 2 aliphatic heterocycles. The Morgan fingerprint density at radius 3 is 2.27 bits per heavy atom. The lowest BCUT2D eigenvalue weighted by atomic mass is 9.78. The van der Waals surface area contributed by atoms with Gasteiger partial charge in [0.05, 0.1) is 14.2 Å². The number of likely N-dealkylation sites (N-methyl/N-ethyl adjacent to an activating group) is 1. The van der Waals surface area contributed by atoms with Crippen molar-refractivity contribution in [2.45, 2.75) is 83.3 Å². The van der Waals surface area contributed by atoms with Gasteiger partial charge in [0, 0.05) is 61.2 Å². The molecule has 0 bridgehead atoms. The number of methoxy groups -OCH3 is 2. The van der Waals surface area contributed by atoms with Crippen LogP contribution < -0.4 is 14.4 Å². The number of ether oxygens (including phenoxy) is 3. The molecule has 2 aromatic rings. The van der Waals surface area contributed by atoms with Crippen LogP contribution >= 0.6 is 15.9 Å². The van der Waals surface area contributed by atoms with E-state index in [1.54, 1.807) is 14.2 Å². The van der Waals surface area contributed by atoms with Crippen molar-refractivity contribution in [1.29, 1.82) is 0 Å². The van der Waals surface area contributed by atoms with E-state index in [0.717, 1.165) is 60.9 Å². The molecule has 0 aromatic heterocycles. The number of hydrogen-bond donors (Lipinski definition) is 0. The maximum atomic E-state index is 6.49. The first-order valence-electron chi connectivity index (χ1n) is 16.7. The molecule has 2 saturated carbocycles. The molecule has 2 aliphatic carbocycles. The van der Waals surface area contributed by atoms with Gasteiger partial charge in [0.2, 0.25) is 0 Å². The molecule has 0 spiro atoms. The average Bonchev–Trinajstić information content (AvgIpc) is 3.83. The minimum absolute atomic E-state index is 0.179. The van der Waals surface area contributed by atoms with Crippen molar-refractivity contribution >= 4 is 27.2 Å². The van der Waals surface area contributed by atoms with Gasteiger partial charge < -0.3 is 28.9 Å². The second-order valence-corrected chi connectivity index (χ2v) is 15.1. The zero-order valence-electron chi connectivity index (χ0n) is 28.0. The molecular weight excluding hydrogens is 626 g/mol. The minimum atomic E-state index is -0.179. The van der Waals surface area contributed by atoms with Crippen molar-refractivity contribution in [3.8, 4) is 11.5 Å². The number of piperidine rings is 1. The van der Waals surface area contributed by atoms with Crippen LogP contribution in [0, 0.1) is 0 Å². The molecule has 1 saturated heterocycles. The molecule has 6 nitrogen and oxygen atoms in total. The van der Waals surface area contributed by atoms with E-state index in [4.69, 9.17) is 14.2 Å². The molecule has 242 valence electrons. The average molecular weight is 677 g/mol. The third kappa shape index (κ3) is 7.51. The summed E-state index contributed by atoms with van der Waals surface area (Å²) >= 11 is 3.65. The summed E-state index contributed by atoms with van der Waals surface area (Å²) in [7, 11) is 5.70. The maximum absolute atomic E-state index is 6.49. The van der Waals surface area contributed by atoms with Crippen molar-refractivity contribution in [1.82, 2.24) is 9.80 Å². The summed E-state index contributed by atoms with van der Waals surface area (Å²) in [6.07, 6.45) is 13.0. The highest BCUT2D eigenvalue weighted by Crippen LogP contribution is 2.46. The summed E-state index contributed by atoms with van der Waals surface area (Å²) in [5, 5.41) is 0. The number of benzene rings is 2. The van der Waals surface area contributed by atoms with Crippen LogP contribution in [-0.2, 0) is 4.74 Å². The Hall–Kier alpha value is -3.06. The molecule has 6 rings (SSSR count). The van der Waals surface area contributed by atoms with Crippen LogP contribution in [0.3, 0.4) is 0 Å². The van der Waals surface area contributed by atoms with Crippen molar-refractivity contribution in [3.05, 3.63) is 81.3 Å². The molecule has 7 heteroatoms. The Labute approximate surface area is 278 Å². The summed E-state index contributed by atoms with van der Waals surface area (Å²) in [5.41, 5.74) is 7.74. The maximum Gasteiger partial charge on any atom is 0.188 e. The van der Waals surface area contributed by atoms with Crippen molar-refractivity contribution in [2.75, 3.05) is 52.3 Å². The van der Waals surface area contributed by atoms with Crippen LogP contribution in [0.2, 0.25) is 0 Å². The highest BCUT2D eigenvalue weighted by Gasteiger charge is 2.33. The fraction of sp³-hybridized carbons (Fsp3) is 0.526. The van der Waals surface area contributed by atoms with E-state index in [0.29, 0.717) is 12.0 Å². The zero-order chi connectivity index (χ0) is 31.7. The number of rotatable bonds is 10. The second kappa shape index (κ2) is 13.4. The van der Waals surface area contributed by atoms with Gasteiger partial charge in [-0.15, -0.1) is 0 Å². The molecular formula is C38H50BrN3O3. The molecule has 0 radical (unpaired) electrons. The van der Waals surface area contributed by atoms with E-state index < -0.39 is 0 Å². The number of anilines is 1. The summed E-state index contributed by atoms with van der Waals surface area (Å²) in [6, 6.07) is 13.8. The molecule has 0 amide bonds. The summed E-state index contributed by atoms with van der Waals surface area (Å²) in [5.74, 6) is 3.43. The van der Waals surface area contributed by atoms with Crippen molar-refractivity contribution < 1.29 is 14.2 Å². The molecule has 0 unspecified atom stereocenters. The predicted octanol–water partition coefficient (Wildman–Crippen LogP) is 8.74. The van der Waals surface area contributed by atoms with Crippen LogP contribution in [0.1, 0.15) is 82.8 Å². The van der Waals surface area contributed by atoms with E-state index in [9.17, 15) is 0 Å². The number of halogens is 1. The number of nitrogens with zero attached hydrogens (tertiary/aromatic N) is 3. The Balaban J connectivity index is 1.26. The first kappa shape index (κ1) is 31.9. The van der Waals surface area contributed by atoms with E-state index in [-0.39, 0.29) is 5.60 Å². The number of allylic oxidation sites excluding steroid dienone is 1. The largest absolute Gasteiger partial charge is 0.493 e. The highest BCUT2D eigenvalue weighted by atomic mass is 79.9. The van der Waals surface area contributed by atoms with Crippen LogP contribution in [0.15, 0.2) is 70.2 Å². The molecule has 45 heavy (non-hydrogen) atoms. The molecule has 2 aromatic carbocycles. The van der Waals surface area contributed by atoms with Gasteiger partial charge in [0.1, 0.15) is 5.60 Å². The van der Waals surface area contributed by atoms with E-state index in [2.05, 4.69) is 107 Å². The molecule has 4 aliphatic rings. The SMILES string of the molecule is COc1cc(C2=CC(CN(c3ccc(Br)cc3)C3CCN(C(OC(C)(C)C)=C4CC4)CC3)=CN(C)C2)cc(C2CCC2)c1OC. The first-order chi connectivity index (χ1) is 21.6. The van der Waals surface area contributed by atoms with E-state index >= 15 is 0 Å². The molecule has 0 atom stereocenters. The monoisotopic (exact) mass is 675 g/mol. The van der Waals surface area contributed by atoms with Gasteiger partial charge >= 0.3 is 0 Å². The summed E-state index contributed by atoms with van der Waals surface area (Å²) in [6.45, 7) is 10.2. The summed E-state index contributed by atoms with van der Waals surface area (Å²) in [4.78, 5) is 7.46. The van der Waals surface area contributed by atoms with Gasteiger partial charge in [-0.3, -0.25) is 0 Å². The normalized spacial score (nSPS) is 19.0. The van der Waals surface area contributed by atoms with Crippen molar-refractivity contribution in [2.24, 2.45) is 0 Å².